The predicted molar refractivity (Wildman–Crippen MR) is 50.3 cm³/mol. The van der Waals surface area contributed by atoms with Crippen molar-refractivity contribution in [1.29, 1.82) is 0 Å². The highest BCUT2D eigenvalue weighted by Crippen LogP contribution is 2.20. The minimum absolute atomic E-state index is 0.670. The van der Waals surface area contributed by atoms with Gasteiger partial charge in [0.05, 0.1) is 0 Å². The molecule has 0 bridgehead atoms. The van der Waals surface area contributed by atoms with Gasteiger partial charge in [-0.2, -0.15) is 0 Å². The molecule has 0 radical (unpaired) electrons. The van der Waals surface area contributed by atoms with Crippen LogP contribution in [0.1, 0.15) is 52.4 Å². The SMILES string of the molecule is CC/C(C)=N\C1CCCCC1. The molecule has 0 unspecified atom stereocenters. The Morgan fingerprint density at radius 3 is 2.45 bits per heavy atom. The summed E-state index contributed by atoms with van der Waals surface area (Å²) in [6.45, 7) is 4.33. The van der Waals surface area contributed by atoms with Crippen LogP contribution in [0.3, 0.4) is 0 Å². The van der Waals surface area contributed by atoms with Crippen LogP contribution in [0, 0.1) is 0 Å². The van der Waals surface area contributed by atoms with Gasteiger partial charge in [0.25, 0.3) is 0 Å². The fourth-order valence-electron chi connectivity index (χ4n) is 1.61. The van der Waals surface area contributed by atoms with E-state index >= 15 is 0 Å². The van der Waals surface area contributed by atoms with Crippen molar-refractivity contribution in [2.45, 2.75) is 58.4 Å². The monoisotopic (exact) mass is 153 g/mol. The van der Waals surface area contributed by atoms with Crippen molar-refractivity contribution in [2.75, 3.05) is 0 Å². The molecule has 1 saturated carbocycles. The standard InChI is InChI=1S/C10H19N/c1-3-9(2)11-10-7-5-4-6-8-10/h10H,3-8H2,1-2H3/b11-9-. The molecule has 0 aromatic rings. The molecule has 1 heteroatoms. The lowest BCUT2D eigenvalue weighted by Crippen LogP contribution is -2.11. The van der Waals surface area contributed by atoms with Gasteiger partial charge in [0.15, 0.2) is 0 Å². The van der Waals surface area contributed by atoms with E-state index in [2.05, 4.69) is 18.8 Å². The fraction of sp³-hybridized carbons (Fsp3) is 0.900. The average molecular weight is 153 g/mol. The van der Waals surface area contributed by atoms with E-state index in [9.17, 15) is 0 Å². The normalized spacial score (nSPS) is 22.2. The summed E-state index contributed by atoms with van der Waals surface area (Å²) >= 11 is 0. The molecule has 0 aromatic carbocycles. The Labute approximate surface area is 69.9 Å². The highest BCUT2D eigenvalue weighted by Gasteiger charge is 2.11. The van der Waals surface area contributed by atoms with Crippen molar-refractivity contribution in [1.82, 2.24) is 0 Å². The number of hydrogen-bond acceptors (Lipinski definition) is 1. The lowest BCUT2D eigenvalue weighted by molar-refractivity contribution is 0.443. The Morgan fingerprint density at radius 2 is 1.91 bits per heavy atom. The Kier molecular flexibility index (Phi) is 3.61. The second-order valence-electron chi connectivity index (χ2n) is 3.51. The van der Waals surface area contributed by atoms with Crippen LogP contribution >= 0.6 is 0 Å². The second kappa shape index (κ2) is 4.53. The van der Waals surface area contributed by atoms with Crippen molar-refractivity contribution in [2.24, 2.45) is 4.99 Å². The van der Waals surface area contributed by atoms with Crippen molar-refractivity contribution >= 4 is 5.71 Å². The minimum Gasteiger partial charge on any atom is -0.291 e. The molecule has 1 fully saturated rings. The van der Waals surface area contributed by atoms with Gasteiger partial charge in [0.1, 0.15) is 0 Å². The van der Waals surface area contributed by atoms with Crippen LogP contribution in [0.25, 0.3) is 0 Å². The molecule has 0 spiro atoms. The highest BCUT2D eigenvalue weighted by atomic mass is 14.8. The molecule has 0 aromatic heterocycles. The zero-order valence-electron chi connectivity index (χ0n) is 7.77. The van der Waals surface area contributed by atoms with Gasteiger partial charge < -0.3 is 0 Å². The van der Waals surface area contributed by atoms with Gasteiger partial charge in [-0.1, -0.05) is 26.2 Å². The maximum Gasteiger partial charge on any atom is 0.0498 e. The van der Waals surface area contributed by atoms with Crippen molar-refractivity contribution in [3.05, 3.63) is 0 Å². The molecule has 0 aliphatic heterocycles. The molecule has 0 N–H and O–H groups in total. The smallest absolute Gasteiger partial charge is 0.0498 e. The van der Waals surface area contributed by atoms with E-state index in [1.165, 1.54) is 37.8 Å². The number of hydrogen-bond donors (Lipinski definition) is 0. The zero-order chi connectivity index (χ0) is 8.10. The summed E-state index contributed by atoms with van der Waals surface area (Å²) in [7, 11) is 0. The quantitative estimate of drug-likeness (QED) is 0.540. The number of aliphatic imine (C=N–C) groups is 1. The molecule has 1 rings (SSSR count). The first kappa shape index (κ1) is 8.76. The third-order valence-electron chi connectivity index (χ3n) is 2.49. The van der Waals surface area contributed by atoms with Gasteiger partial charge in [-0.25, -0.2) is 0 Å². The highest BCUT2D eigenvalue weighted by molar-refractivity contribution is 5.81. The largest absolute Gasteiger partial charge is 0.291 e. The fourth-order valence-corrected chi connectivity index (χ4v) is 1.61. The van der Waals surface area contributed by atoms with Crippen molar-refractivity contribution < 1.29 is 0 Å². The zero-order valence-corrected chi connectivity index (χ0v) is 7.77. The Hall–Kier alpha value is -0.330. The van der Waals surface area contributed by atoms with E-state index in [0.717, 1.165) is 6.42 Å². The van der Waals surface area contributed by atoms with E-state index in [4.69, 9.17) is 0 Å². The summed E-state index contributed by atoms with van der Waals surface area (Å²) < 4.78 is 0. The summed E-state index contributed by atoms with van der Waals surface area (Å²) in [6, 6.07) is 0.670. The molecule has 1 aliphatic carbocycles. The lowest BCUT2D eigenvalue weighted by atomic mass is 9.96. The second-order valence-corrected chi connectivity index (χ2v) is 3.51. The minimum atomic E-state index is 0.670. The summed E-state index contributed by atoms with van der Waals surface area (Å²) in [5.74, 6) is 0. The topological polar surface area (TPSA) is 12.4 Å². The third kappa shape index (κ3) is 3.04. The van der Waals surface area contributed by atoms with Gasteiger partial charge in [-0.3, -0.25) is 4.99 Å². The van der Waals surface area contributed by atoms with Gasteiger partial charge in [0.2, 0.25) is 0 Å². The molecule has 0 atom stereocenters. The molecule has 1 nitrogen and oxygen atoms in total. The van der Waals surface area contributed by atoms with E-state index < -0.39 is 0 Å². The molecule has 1 aliphatic rings. The van der Waals surface area contributed by atoms with Crippen LogP contribution in [0.2, 0.25) is 0 Å². The number of rotatable bonds is 2. The average Bonchev–Trinajstić information content (AvgIpc) is 2.06. The first-order chi connectivity index (χ1) is 5.33. The first-order valence-electron chi connectivity index (χ1n) is 4.86. The van der Waals surface area contributed by atoms with Gasteiger partial charge in [-0.15, -0.1) is 0 Å². The van der Waals surface area contributed by atoms with Gasteiger partial charge in [-0.05, 0) is 26.2 Å². The third-order valence-corrected chi connectivity index (χ3v) is 2.49. The summed E-state index contributed by atoms with van der Waals surface area (Å²) in [4.78, 5) is 4.67. The molecule has 0 heterocycles. The van der Waals surface area contributed by atoms with Crippen LogP contribution in [0.5, 0.6) is 0 Å². The van der Waals surface area contributed by atoms with Gasteiger partial charge >= 0.3 is 0 Å². The number of nitrogens with zero attached hydrogens (tertiary/aromatic N) is 1. The maximum absolute atomic E-state index is 4.67. The van der Waals surface area contributed by atoms with E-state index in [-0.39, 0.29) is 0 Å². The van der Waals surface area contributed by atoms with Crippen LogP contribution in [-0.4, -0.2) is 11.8 Å². The molecular weight excluding hydrogens is 134 g/mol. The van der Waals surface area contributed by atoms with Crippen molar-refractivity contribution in [3.8, 4) is 0 Å². The van der Waals surface area contributed by atoms with Crippen LogP contribution < -0.4 is 0 Å². The molecule has 0 amide bonds. The maximum atomic E-state index is 4.67. The van der Waals surface area contributed by atoms with Gasteiger partial charge in [0, 0.05) is 11.8 Å². The first-order valence-corrected chi connectivity index (χ1v) is 4.86. The summed E-state index contributed by atoms with van der Waals surface area (Å²) in [6.07, 6.45) is 8.00. The summed E-state index contributed by atoms with van der Waals surface area (Å²) in [5, 5.41) is 0. The lowest BCUT2D eigenvalue weighted by Gasteiger charge is -2.18. The molecular formula is C10H19N. The van der Waals surface area contributed by atoms with Crippen LogP contribution in [-0.2, 0) is 0 Å². The van der Waals surface area contributed by atoms with E-state index in [1.807, 2.05) is 0 Å². The Morgan fingerprint density at radius 1 is 1.27 bits per heavy atom. The predicted octanol–water partition coefficient (Wildman–Crippen LogP) is 3.19. The van der Waals surface area contributed by atoms with E-state index in [1.54, 1.807) is 0 Å². The van der Waals surface area contributed by atoms with Crippen LogP contribution in [0.4, 0.5) is 0 Å². The van der Waals surface area contributed by atoms with Crippen molar-refractivity contribution in [3.63, 3.8) is 0 Å². The molecule has 11 heavy (non-hydrogen) atoms. The van der Waals surface area contributed by atoms with Crippen LogP contribution in [0.15, 0.2) is 4.99 Å². The Balaban J connectivity index is 2.34. The Bertz CT molecular complexity index is 132. The van der Waals surface area contributed by atoms with E-state index in [0.29, 0.717) is 6.04 Å². The molecule has 0 saturated heterocycles. The molecule has 64 valence electrons. The summed E-state index contributed by atoms with van der Waals surface area (Å²) in [5.41, 5.74) is 1.33.